The van der Waals surface area contributed by atoms with E-state index in [0.717, 1.165) is 0 Å². The van der Waals surface area contributed by atoms with Crippen molar-refractivity contribution in [2.45, 2.75) is 26.8 Å². The van der Waals surface area contributed by atoms with Crippen LogP contribution in [0.3, 0.4) is 0 Å². The molecule has 1 atom stereocenters. The number of halogens is 1. The second kappa shape index (κ2) is 15.7. The predicted octanol–water partition coefficient (Wildman–Crippen LogP) is 3.93. The molecule has 226 valence electrons. The SMILES string of the molecule is CCOC(=O)c1ccc(NC(=O)COc2ccc(C=NNC(=O)C(NC(=O)c3ccccc3F)C(C)C)cc2OC)cc1. The number of anilines is 1. The quantitative estimate of drug-likeness (QED) is 0.155. The van der Waals surface area contributed by atoms with Gasteiger partial charge in [0.1, 0.15) is 11.9 Å². The minimum atomic E-state index is -0.962. The Morgan fingerprint density at radius 1 is 0.977 bits per heavy atom. The fraction of sp³-hybridized carbons (Fsp3) is 0.258. The van der Waals surface area contributed by atoms with Crippen molar-refractivity contribution in [3.63, 3.8) is 0 Å². The zero-order valence-corrected chi connectivity index (χ0v) is 24.2. The van der Waals surface area contributed by atoms with Crippen LogP contribution in [0.5, 0.6) is 11.5 Å². The predicted molar refractivity (Wildman–Crippen MR) is 158 cm³/mol. The molecule has 0 heterocycles. The highest BCUT2D eigenvalue weighted by molar-refractivity contribution is 5.98. The van der Waals surface area contributed by atoms with Gasteiger partial charge in [-0.3, -0.25) is 14.4 Å². The Bertz CT molecular complexity index is 1480. The highest BCUT2D eigenvalue weighted by Gasteiger charge is 2.25. The van der Waals surface area contributed by atoms with E-state index in [1.54, 1.807) is 63.2 Å². The van der Waals surface area contributed by atoms with Crippen molar-refractivity contribution >= 4 is 35.6 Å². The highest BCUT2D eigenvalue weighted by Crippen LogP contribution is 2.27. The van der Waals surface area contributed by atoms with Gasteiger partial charge in [-0.15, -0.1) is 0 Å². The first-order valence-corrected chi connectivity index (χ1v) is 13.4. The van der Waals surface area contributed by atoms with E-state index in [1.807, 2.05) is 0 Å². The van der Waals surface area contributed by atoms with Gasteiger partial charge in [0.2, 0.25) is 0 Å². The summed E-state index contributed by atoms with van der Waals surface area (Å²) in [4.78, 5) is 49.3. The Labute approximate surface area is 248 Å². The van der Waals surface area contributed by atoms with Gasteiger partial charge in [0.25, 0.3) is 17.7 Å². The second-order valence-corrected chi connectivity index (χ2v) is 9.45. The Balaban J connectivity index is 1.55. The van der Waals surface area contributed by atoms with Crippen molar-refractivity contribution in [3.8, 4) is 11.5 Å². The van der Waals surface area contributed by atoms with Gasteiger partial charge in [0.05, 0.1) is 31.1 Å². The van der Waals surface area contributed by atoms with Gasteiger partial charge in [-0.1, -0.05) is 26.0 Å². The number of hydrogen-bond acceptors (Lipinski definition) is 8. The fourth-order valence-electron chi connectivity index (χ4n) is 3.77. The summed E-state index contributed by atoms with van der Waals surface area (Å²) in [6.45, 7) is 5.15. The molecule has 3 aromatic carbocycles. The number of carbonyl (C=O) groups is 4. The van der Waals surface area contributed by atoms with Crippen molar-refractivity contribution < 1.29 is 37.8 Å². The molecule has 0 fully saturated rings. The molecule has 0 saturated heterocycles. The monoisotopic (exact) mass is 592 g/mol. The Kier molecular flexibility index (Phi) is 11.7. The van der Waals surface area contributed by atoms with Crippen LogP contribution in [0, 0.1) is 11.7 Å². The van der Waals surface area contributed by atoms with Gasteiger partial charge in [-0.05, 0) is 73.0 Å². The van der Waals surface area contributed by atoms with E-state index in [4.69, 9.17) is 14.2 Å². The minimum absolute atomic E-state index is 0.166. The summed E-state index contributed by atoms with van der Waals surface area (Å²) in [6, 6.07) is 15.6. The number of ether oxygens (including phenoxy) is 3. The molecule has 3 rings (SSSR count). The van der Waals surface area contributed by atoms with Gasteiger partial charge < -0.3 is 24.8 Å². The number of hydrogen-bond donors (Lipinski definition) is 3. The number of rotatable bonds is 13. The van der Waals surface area contributed by atoms with Crippen molar-refractivity contribution in [2.24, 2.45) is 11.0 Å². The molecule has 3 aromatic rings. The third kappa shape index (κ3) is 9.38. The molecule has 3 amide bonds. The van der Waals surface area contributed by atoms with Crippen LogP contribution in [0.1, 0.15) is 47.1 Å². The summed E-state index contributed by atoms with van der Waals surface area (Å²) in [5.74, 6) is -2.54. The zero-order valence-electron chi connectivity index (χ0n) is 24.2. The lowest BCUT2D eigenvalue weighted by atomic mass is 10.0. The largest absolute Gasteiger partial charge is 0.493 e. The Hall–Kier alpha value is -5.26. The van der Waals surface area contributed by atoms with Crippen LogP contribution in [0.25, 0.3) is 0 Å². The highest BCUT2D eigenvalue weighted by atomic mass is 19.1. The van der Waals surface area contributed by atoms with Crippen LogP contribution in [-0.4, -0.2) is 56.3 Å². The van der Waals surface area contributed by atoms with Crippen molar-refractivity contribution in [2.75, 3.05) is 25.6 Å². The summed E-state index contributed by atoms with van der Waals surface area (Å²) in [5, 5.41) is 9.18. The molecule has 43 heavy (non-hydrogen) atoms. The van der Waals surface area contributed by atoms with E-state index in [1.165, 1.54) is 37.6 Å². The van der Waals surface area contributed by atoms with Gasteiger partial charge in [-0.25, -0.2) is 14.6 Å². The minimum Gasteiger partial charge on any atom is -0.493 e. The lowest BCUT2D eigenvalue weighted by molar-refractivity contribution is -0.124. The first-order chi connectivity index (χ1) is 20.6. The second-order valence-electron chi connectivity index (χ2n) is 9.45. The Morgan fingerprint density at radius 3 is 2.35 bits per heavy atom. The first kappa shape index (κ1) is 32.3. The average molecular weight is 593 g/mol. The molecule has 0 aliphatic carbocycles. The maximum absolute atomic E-state index is 14.0. The van der Waals surface area contributed by atoms with Gasteiger partial charge in [0.15, 0.2) is 18.1 Å². The maximum atomic E-state index is 14.0. The number of carbonyl (C=O) groups excluding carboxylic acids is 4. The lowest BCUT2D eigenvalue weighted by Gasteiger charge is -2.20. The van der Waals surface area contributed by atoms with E-state index in [2.05, 4.69) is 21.2 Å². The lowest BCUT2D eigenvalue weighted by Crippen LogP contribution is -2.48. The smallest absolute Gasteiger partial charge is 0.338 e. The van der Waals surface area contributed by atoms with Crippen LogP contribution < -0.4 is 25.5 Å². The normalized spacial score (nSPS) is 11.5. The molecule has 0 radical (unpaired) electrons. The standard InChI is InChI=1S/C31H33FN4O7/c1-5-42-31(40)21-11-13-22(14-12-21)34-27(37)18-43-25-15-10-20(16-26(25)41-4)17-33-36-30(39)28(19(2)3)35-29(38)23-8-6-7-9-24(23)32/h6-17,19,28H,5,18H2,1-4H3,(H,34,37)(H,35,38)(H,36,39). The van der Waals surface area contributed by atoms with E-state index < -0.39 is 35.5 Å². The van der Waals surface area contributed by atoms with Crippen LogP contribution >= 0.6 is 0 Å². The summed E-state index contributed by atoms with van der Waals surface area (Å²) < 4.78 is 29.9. The fourth-order valence-corrected chi connectivity index (χ4v) is 3.77. The van der Waals surface area contributed by atoms with Gasteiger partial charge >= 0.3 is 5.97 Å². The molecule has 12 heteroatoms. The first-order valence-electron chi connectivity index (χ1n) is 13.4. The summed E-state index contributed by atoms with van der Waals surface area (Å²) >= 11 is 0. The summed E-state index contributed by atoms with van der Waals surface area (Å²) in [6.07, 6.45) is 1.37. The Morgan fingerprint density at radius 2 is 1.70 bits per heavy atom. The topological polar surface area (TPSA) is 144 Å². The number of amides is 3. The molecule has 0 bridgehead atoms. The summed E-state index contributed by atoms with van der Waals surface area (Å²) in [5.41, 5.74) is 3.62. The van der Waals surface area contributed by atoms with Gasteiger partial charge in [0, 0.05) is 5.69 Å². The van der Waals surface area contributed by atoms with Crippen LogP contribution in [-0.2, 0) is 14.3 Å². The van der Waals surface area contributed by atoms with Crippen LogP contribution in [0.4, 0.5) is 10.1 Å². The number of nitrogens with zero attached hydrogens (tertiary/aromatic N) is 1. The number of nitrogens with one attached hydrogen (secondary N) is 3. The van der Waals surface area contributed by atoms with Crippen molar-refractivity contribution in [1.29, 1.82) is 0 Å². The number of hydrazone groups is 1. The molecule has 11 nitrogen and oxygen atoms in total. The van der Waals surface area contributed by atoms with E-state index >= 15 is 0 Å². The molecule has 0 aliphatic rings. The number of benzene rings is 3. The molecular formula is C31H33FN4O7. The number of methoxy groups -OCH3 is 1. The van der Waals surface area contributed by atoms with Crippen molar-refractivity contribution in [1.82, 2.24) is 10.7 Å². The number of esters is 1. The molecule has 0 saturated carbocycles. The third-order valence-corrected chi connectivity index (χ3v) is 5.97. The van der Waals surface area contributed by atoms with Crippen LogP contribution in [0.15, 0.2) is 71.8 Å². The van der Waals surface area contributed by atoms with E-state index in [9.17, 15) is 23.6 Å². The summed E-state index contributed by atoms with van der Waals surface area (Å²) in [7, 11) is 1.43. The molecule has 1 unspecified atom stereocenters. The molecule has 0 aliphatic heterocycles. The zero-order chi connectivity index (χ0) is 31.4. The molecule has 0 aromatic heterocycles. The van der Waals surface area contributed by atoms with E-state index in [-0.39, 0.29) is 24.7 Å². The average Bonchev–Trinajstić information content (AvgIpc) is 2.99. The molecule has 0 spiro atoms. The maximum Gasteiger partial charge on any atom is 0.338 e. The molecular weight excluding hydrogens is 559 g/mol. The van der Waals surface area contributed by atoms with Crippen molar-refractivity contribution in [3.05, 3.63) is 89.2 Å². The van der Waals surface area contributed by atoms with E-state index in [0.29, 0.717) is 28.3 Å². The van der Waals surface area contributed by atoms with Crippen LogP contribution in [0.2, 0.25) is 0 Å². The van der Waals surface area contributed by atoms with Gasteiger partial charge in [-0.2, -0.15) is 5.10 Å². The third-order valence-electron chi connectivity index (χ3n) is 5.97. The molecule has 3 N–H and O–H groups in total.